The molecule has 1 aliphatic heterocycles. The lowest BCUT2D eigenvalue weighted by Gasteiger charge is -2.16. The zero-order valence-corrected chi connectivity index (χ0v) is 13.5. The van der Waals surface area contributed by atoms with Gasteiger partial charge in [-0.05, 0) is 55.7 Å². The molecule has 1 aliphatic rings. The van der Waals surface area contributed by atoms with E-state index >= 15 is 0 Å². The Bertz CT molecular complexity index is 733. The minimum absolute atomic E-state index is 0.277. The van der Waals surface area contributed by atoms with Crippen LogP contribution in [-0.4, -0.2) is 18.9 Å². The van der Waals surface area contributed by atoms with Crippen molar-refractivity contribution >= 4 is 17.4 Å². The van der Waals surface area contributed by atoms with Gasteiger partial charge in [-0.1, -0.05) is 12.1 Å². The first kappa shape index (κ1) is 16.0. The van der Waals surface area contributed by atoms with E-state index in [1.165, 1.54) is 5.56 Å². The summed E-state index contributed by atoms with van der Waals surface area (Å²) in [6.07, 6.45) is 1.90. The molecule has 2 aromatic rings. The van der Waals surface area contributed by atoms with Crippen LogP contribution in [0, 0.1) is 0 Å². The molecule has 0 saturated heterocycles. The Kier molecular flexibility index (Phi) is 4.74. The Labute approximate surface area is 141 Å². The van der Waals surface area contributed by atoms with E-state index in [9.17, 15) is 4.79 Å². The number of rotatable bonds is 6. The third kappa shape index (κ3) is 4.10. The molecule has 1 heterocycles. The van der Waals surface area contributed by atoms with Crippen molar-refractivity contribution in [1.29, 1.82) is 0 Å². The van der Waals surface area contributed by atoms with Gasteiger partial charge in [-0.25, -0.2) is 4.79 Å². The van der Waals surface area contributed by atoms with Crippen molar-refractivity contribution in [2.75, 3.05) is 17.4 Å². The Morgan fingerprint density at radius 1 is 1.17 bits per heavy atom. The van der Waals surface area contributed by atoms with Crippen molar-refractivity contribution in [3.8, 4) is 11.5 Å². The molecule has 1 atom stereocenters. The van der Waals surface area contributed by atoms with Gasteiger partial charge < -0.3 is 25.8 Å². The highest BCUT2D eigenvalue weighted by molar-refractivity contribution is 5.88. The predicted octanol–water partition coefficient (Wildman–Crippen LogP) is 3.34. The fraction of sp³-hybridized carbons (Fsp3) is 0.278. The minimum Gasteiger partial charge on any atom is -0.454 e. The van der Waals surface area contributed by atoms with Crippen molar-refractivity contribution in [2.24, 2.45) is 5.73 Å². The number of anilines is 2. The van der Waals surface area contributed by atoms with E-state index in [-0.39, 0.29) is 6.04 Å². The number of hydrogen-bond acceptors (Lipinski definition) is 4. The molecule has 0 aliphatic carbocycles. The Hall–Kier alpha value is -2.89. The monoisotopic (exact) mass is 327 g/mol. The molecule has 1 unspecified atom stereocenters. The largest absolute Gasteiger partial charge is 0.454 e. The van der Waals surface area contributed by atoms with E-state index < -0.39 is 6.03 Å². The van der Waals surface area contributed by atoms with Crippen LogP contribution in [0.25, 0.3) is 0 Å². The molecular formula is C18H21N3O3. The van der Waals surface area contributed by atoms with Gasteiger partial charge in [-0.2, -0.15) is 0 Å². The van der Waals surface area contributed by atoms with Gasteiger partial charge in [0, 0.05) is 17.4 Å². The molecule has 0 spiro atoms. The number of nitrogens with two attached hydrogens (primary N) is 1. The first-order valence-corrected chi connectivity index (χ1v) is 7.92. The SMILES string of the molecule is CC(CCc1ccc2c(c1)OCO2)Nc1cccc(NC(N)=O)c1. The Morgan fingerprint density at radius 2 is 1.96 bits per heavy atom. The van der Waals surface area contributed by atoms with Gasteiger partial charge in [-0.3, -0.25) is 0 Å². The Morgan fingerprint density at radius 3 is 2.79 bits per heavy atom. The van der Waals surface area contributed by atoms with Crippen LogP contribution >= 0.6 is 0 Å². The summed E-state index contributed by atoms with van der Waals surface area (Å²) in [6, 6.07) is 13.3. The van der Waals surface area contributed by atoms with Crippen molar-refractivity contribution in [2.45, 2.75) is 25.8 Å². The molecule has 24 heavy (non-hydrogen) atoms. The molecule has 4 N–H and O–H groups in total. The second-order valence-corrected chi connectivity index (χ2v) is 5.84. The second kappa shape index (κ2) is 7.12. The summed E-state index contributed by atoms with van der Waals surface area (Å²) in [5.74, 6) is 1.63. The van der Waals surface area contributed by atoms with Crippen molar-refractivity contribution in [1.82, 2.24) is 0 Å². The summed E-state index contributed by atoms with van der Waals surface area (Å²) in [5.41, 5.74) is 7.98. The third-order valence-corrected chi connectivity index (χ3v) is 3.85. The number of hydrogen-bond donors (Lipinski definition) is 3. The zero-order valence-electron chi connectivity index (χ0n) is 13.5. The van der Waals surface area contributed by atoms with Gasteiger partial charge in [0.05, 0.1) is 0 Å². The molecule has 6 heteroatoms. The average molecular weight is 327 g/mol. The molecule has 0 fully saturated rings. The van der Waals surface area contributed by atoms with Crippen LogP contribution in [0.5, 0.6) is 11.5 Å². The molecule has 126 valence electrons. The highest BCUT2D eigenvalue weighted by Crippen LogP contribution is 2.32. The van der Waals surface area contributed by atoms with Crippen LogP contribution in [0.4, 0.5) is 16.2 Å². The van der Waals surface area contributed by atoms with E-state index in [0.29, 0.717) is 12.5 Å². The summed E-state index contributed by atoms with van der Waals surface area (Å²) in [7, 11) is 0. The fourth-order valence-electron chi connectivity index (χ4n) is 2.67. The summed E-state index contributed by atoms with van der Waals surface area (Å²) < 4.78 is 10.7. The summed E-state index contributed by atoms with van der Waals surface area (Å²) in [5, 5.41) is 6.00. The zero-order chi connectivity index (χ0) is 16.9. The Balaban J connectivity index is 1.54. The quantitative estimate of drug-likeness (QED) is 0.759. The number of benzene rings is 2. The predicted molar refractivity (Wildman–Crippen MR) is 93.6 cm³/mol. The van der Waals surface area contributed by atoms with Gasteiger partial charge in [0.1, 0.15) is 0 Å². The van der Waals surface area contributed by atoms with E-state index in [2.05, 4.69) is 23.6 Å². The van der Waals surface area contributed by atoms with Gasteiger partial charge in [0.15, 0.2) is 11.5 Å². The van der Waals surface area contributed by atoms with Gasteiger partial charge >= 0.3 is 6.03 Å². The first-order valence-electron chi connectivity index (χ1n) is 7.92. The number of primary amides is 1. The standard InChI is InChI=1S/C18H21N3O3/c1-12(20-14-3-2-4-15(10-14)21-18(19)22)5-6-13-7-8-16-17(9-13)24-11-23-16/h2-4,7-10,12,20H,5-6,11H2,1H3,(H3,19,21,22). The third-order valence-electron chi connectivity index (χ3n) is 3.85. The van der Waals surface area contributed by atoms with Crippen LogP contribution in [0.3, 0.4) is 0 Å². The molecule has 2 aromatic carbocycles. The molecular weight excluding hydrogens is 306 g/mol. The van der Waals surface area contributed by atoms with Gasteiger partial charge in [-0.15, -0.1) is 0 Å². The van der Waals surface area contributed by atoms with Crippen LogP contribution in [0.15, 0.2) is 42.5 Å². The maximum atomic E-state index is 10.9. The number of amides is 2. The normalized spacial score (nSPS) is 13.4. The van der Waals surface area contributed by atoms with E-state index in [1.807, 2.05) is 30.3 Å². The van der Waals surface area contributed by atoms with Crippen LogP contribution in [0.1, 0.15) is 18.9 Å². The highest BCUT2D eigenvalue weighted by atomic mass is 16.7. The second-order valence-electron chi connectivity index (χ2n) is 5.84. The van der Waals surface area contributed by atoms with Crippen LogP contribution in [-0.2, 0) is 6.42 Å². The first-order chi connectivity index (χ1) is 11.6. The van der Waals surface area contributed by atoms with Crippen LogP contribution in [0.2, 0.25) is 0 Å². The number of ether oxygens (including phenoxy) is 2. The van der Waals surface area contributed by atoms with Gasteiger partial charge in [0.2, 0.25) is 6.79 Å². The number of nitrogens with one attached hydrogen (secondary N) is 2. The number of carbonyl (C=O) groups excluding carboxylic acids is 1. The van der Waals surface area contributed by atoms with Crippen molar-refractivity contribution in [3.63, 3.8) is 0 Å². The topological polar surface area (TPSA) is 85.6 Å². The number of fused-ring (bicyclic) bond motifs is 1. The fourth-order valence-corrected chi connectivity index (χ4v) is 2.67. The maximum Gasteiger partial charge on any atom is 0.316 e. The molecule has 2 amide bonds. The van der Waals surface area contributed by atoms with Gasteiger partial charge in [0.25, 0.3) is 0 Å². The smallest absolute Gasteiger partial charge is 0.316 e. The lowest BCUT2D eigenvalue weighted by Crippen LogP contribution is -2.20. The molecule has 0 saturated carbocycles. The molecule has 0 aromatic heterocycles. The molecule has 0 bridgehead atoms. The molecule has 6 nitrogen and oxygen atoms in total. The highest BCUT2D eigenvalue weighted by Gasteiger charge is 2.13. The lowest BCUT2D eigenvalue weighted by atomic mass is 10.1. The average Bonchev–Trinajstić information content (AvgIpc) is 3.00. The maximum absolute atomic E-state index is 10.9. The number of urea groups is 1. The molecule has 0 radical (unpaired) electrons. The molecule has 3 rings (SSSR count). The van der Waals surface area contributed by atoms with E-state index in [4.69, 9.17) is 15.2 Å². The van der Waals surface area contributed by atoms with Crippen molar-refractivity contribution in [3.05, 3.63) is 48.0 Å². The van der Waals surface area contributed by atoms with E-state index in [0.717, 1.165) is 30.0 Å². The van der Waals surface area contributed by atoms with Crippen LogP contribution < -0.4 is 25.8 Å². The minimum atomic E-state index is -0.567. The van der Waals surface area contributed by atoms with E-state index in [1.54, 1.807) is 6.07 Å². The summed E-state index contributed by atoms with van der Waals surface area (Å²) >= 11 is 0. The van der Waals surface area contributed by atoms with Crippen molar-refractivity contribution < 1.29 is 14.3 Å². The summed E-state index contributed by atoms with van der Waals surface area (Å²) in [6.45, 7) is 2.42. The summed E-state index contributed by atoms with van der Waals surface area (Å²) in [4.78, 5) is 10.9. The number of aryl methyl sites for hydroxylation is 1. The lowest BCUT2D eigenvalue weighted by molar-refractivity contribution is 0.174. The number of carbonyl (C=O) groups is 1.